The molecule has 0 aliphatic heterocycles. The molecular formula is C15H16BrN3S. The normalized spacial score (nSPS) is 14.1. The van der Waals surface area contributed by atoms with Crippen molar-refractivity contribution in [2.45, 2.75) is 36.3 Å². The number of thioether (sulfide) groups is 1. The predicted octanol–water partition coefficient (Wildman–Crippen LogP) is 3.99. The summed E-state index contributed by atoms with van der Waals surface area (Å²) in [7, 11) is 0. The molecule has 0 unspecified atom stereocenters. The number of aromatic nitrogens is 2. The van der Waals surface area contributed by atoms with Gasteiger partial charge in [-0.2, -0.15) is 0 Å². The Kier molecular flexibility index (Phi) is 4.27. The molecule has 1 aliphatic carbocycles. The largest absolute Gasteiger partial charge is 0.383 e. The summed E-state index contributed by atoms with van der Waals surface area (Å²) in [5.41, 5.74) is 8.40. The summed E-state index contributed by atoms with van der Waals surface area (Å²) in [5.74, 6) is 2.27. The topological polar surface area (TPSA) is 51.8 Å². The highest BCUT2D eigenvalue weighted by Gasteiger charge is 2.16. The molecule has 0 spiro atoms. The van der Waals surface area contributed by atoms with Crippen LogP contribution in [0.5, 0.6) is 0 Å². The summed E-state index contributed by atoms with van der Waals surface area (Å²) >= 11 is 5.29. The van der Waals surface area contributed by atoms with Crippen molar-refractivity contribution < 1.29 is 0 Å². The van der Waals surface area contributed by atoms with Gasteiger partial charge in [0.25, 0.3) is 0 Å². The van der Waals surface area contributed by atoms with Crippen LogP contribution in [0.15, 0.2) is 33.6 Å². The first-order valence-electron chi connectivity index (χ1n) is 6.75. The lowest BCUT2D eigenvalue weighted by atomic mass is 9.96. The second-order valence-electron chi connectivity index (χ2n) is 4.88. The number of halogens is 1. The molecule has 0 atom stereocenters. The molecule has 5 heteroatoms. The van der Waals surface area contributed by atoms with Gasteiger partial charge in [-0.15, -0.1) is 11.8 Å². The highest BCUT2D eigenvalue weighted by atomic mass is 79.9. The lowest BCUT2D eigenvalue weighted by Crippen LogP contribution is -2.12. The lowest BCUT2D eigenvalue weighted by molar-refractivity contribution is 0.660. The molecule has 1 aliphatic rings. The molecule has 20 heavy (non-hydrogen) atoms. The Labute approximate surface area is 131 Å². The van der Waals surface area contributed by atoms with Crippen LogP contribution >= 0.6 is 27.7 Å². The Morgan fingerprint density at radius 2 is 1.95 bits per heavy atom. The van der Waals surface area contributed by atoms with Crippen LogP contribution in [0.4, 0.5) is 5.82 Å². The Morgan fingerprint density at radius 1 is 1.15 bits per heavy atom. The fourth-order valence-electron chi connectivity index (χ4n) is 2.44. The average molecular weight is 350 g/mol. The van der Waals surface area contributed by atoms with Gasteiger partial charge in [0.2, 0.25) is 0 Å². The lowest BCUT2D eigenvalue weighted by Gasteiger charge is -2.17. The SMILES string of the molecule is Nc1nc(CSc2ccccc2Br)nc2c1CCCC2. The second kappa shape index (κ2) is 6.14. The first-order valence-corrected chi connectivity index (χ1v) is 8.53. The van der Waals surface area contributed by atoms with Gasteiger partial charge in [0.15, 0.2) is 0 Å². The standard InChI is InChI=1S/C15H16BrN3S/c16-11-6-2-4-8-13(11)20-9-14-18-12-7-3-1-5-10(12)15(17)19-14/h2,4,6,8H,1,3,5,7,9H2,(H2,17,18,19). The van der Waals surface area contributed by atoms with Gasteiger partial charge < -0.3 is 5.73 Å². The van der Waals surface area contributed by atoms with E-state index >= 15 is 0 Å². The zero-order chi connectivity index (χ0) is 13.9. The summed E-state index contributed by atoms with van der Waals surface area (Å²) < 4.78 is 1.11. The van der Waals surface area contributed by atoms with Crippen molar-refractivity contribution in [1.82, 2.24) is 9.97 Å². The Bertz CT molecular complexity index is 631. The van der Waals surface area contributed by atoms with E-state index in [1.165, 1.54) is 23.3 Å². The maximum atomic E-state index is 6.07. The van der Waals surface area contributed by atoms with E-state index in [0.717, 1.165) is 34.6 Å². The van der Waals surface area contributed by atoms with Crippen LogP contribution in [0.25, 0.3) is 0 Å². The quantitative estimate of drug-likeness (QED) is 0.851. The molecular weight excluding hydrogens is 334 g/mol. The molecule has 0 saturated carbocycles. The van der Waals surface area contributed by atoms with Crippen LogP contribution < -0.4 is 5.73 Å². The van der Waals surface area contributed by atoms with E-state index in [1.54, 1.807) is 11.8 Å². The number of hydrogen-bond acceptors (Lipinski definition) is 4. The van der Waals surface area contributed by atoms with Crippen LogP contribution in [0.1, 0.15) is 29.9 Å². The number of rotatable bonds is 3. The number of benzene rings is 1. The third-order valence-electron chi connectivity index (χ3n) is 3.45. The molecule has 104 valence electrons. The van der Waals surface area contributed by atoms with Gasteiger partial charge in [-0.1, -0.05) is 12.1 Å². The third kappa shape index (κ3) is 2.99. The number of hydrogen-bond donors (Lipinski definition) is 1. The zero-order valence-electron chi connectivity index (χ0n) is 11.1. The van der Waals surface area contributed by atoms with Gasteiger partial charge in [0, 0.05) is 20.6 Å². The molecule has 3 rings (SSSR count). The fraction of sp³-hybridized carbons (Fsp3) is 0.333. The van der Waals surface area contributed by atoms with Crippen molar-refractivity contribution in [3.63, 3.8) is 0 Å². The minimum Gasteiger partial charge on any atom is -0.383 e. The Hall–Kier alpha value is -1.07. The molecule has 0 fully saturated rings. The first-order chi connectivity index (χ1) is 9.74. The minimum atomic E-state index is 0.678. The van der Waals surface area contributed by atoms with E-state index < -0.39 is 0 Å². The molecule has 2 aromatic rings. The number of fused-ring (bicyclic) bond motifs is 1. The smallest absolute Gasteiger partial charge is 0.141 e. The number of anilines is 1. The van der Waals surface area contributed by atoms with Crippen molar-refractivity contribution in [3.05, 3.63) is 45.8 Å². The van der Waals surface area contributed by atoms with Gasteiger partial charge in [-0.25, -0.2) is 9.97 Å². The third-order valence-corrected chi connectivity index (χ3v) is 5.48. The molecule has 2 N–H and O–H groups in total. The summed E-state index contributed by atoms with van der Waals surface area (Å²) in [4.78, 5) is 10.4. The van der Waals surface area contributed by atoms with E-state index in [9.17, 15) is 0 Å². The van der Waals surface area contributed by atoms with Crippen molar-refractivity contribution in [3.8, 4) is 0 Å². The fourth-order valence-corrected chi connectivity index (χ4v) is 3.87. The van der Waals surface area contributed by atoms with Crippen molar-refractivity contribution >= 4 is 33.5 Å². The van der Waals surface area contributed by atoms with Gasteiger partial charge in [0.1, 0.15) is 11.6 Å². The second-order valence-corrected chi connectivity index (χ2v) is 6.75. The van der Waals surface area contributed by atoms with Gasteiger partial charge in [-0.05, 0) is 53.7 Å². The Balaban J connectivity index is 1.78. The van der Waals surface area contributed by atoms with Crippen molar-refractivity contribution in [1.29, 1.82) is 0 Å². The van der Waals surface area contributed by atoms with Crippen LogP contribution in [-0.2, 0) is 18.6 Å². The molecule has 1 aromatic heterocycles. The van der Waals surface area contributed by atoms with Crippen LogP contribution in [-0.4, -0.2) is 9.97 Å². The Morgan fingerprint density at radius 3 is 2.80 bits per heavy atom. The molecule has 0 bridgehead atoms. The van der Waals surface area contributed by atoms with E-state index in [2.05, 4.69) is 27.0 Å². The monoisotopic (exact) mass is 349 g/mol. The molecule has 0 amide bonds. The summed E-state index contributed by atoms with van der Waals surface area (Å²) in [6.07, 6.45) is 4.47. The van der Waals surface area contributed by atoms with Crippen LogP contribution in [0.2, 0.25) is 0 Å². The van der Waals surface area contributed by atoms with E-state index in [1.807, 2.05) is 18.2 Å². The summed E-state index contributed by atoms with van der Waals surface area (Å²) in [6, 6.07) is 8.19. The number of nitrogen functional groups attached to an aromatic ring is 1. The van der Waals surface area contributed by atoms with E-state index in [4.69, 9.17) is 10.7 Å². The van der Waals surface area contributed by atoms with Crippen molar-refractivity contribution in [2.75, 3.05) is 5.73 Å². The van der Waals surface area contributed by atoms with Gasteiger partial charge in [0.05, 0.1) is 5.75 Å². The van der Waals surface area contributed by atoms with Gasteiger partial charge >= 0.3 is 0 Å². The zero-order valence-corrected chi connectivity index (χ0v) is 13.5. The minimum absolute atomic E-state index is 0.678. The van der Waals surface area contributed by atoms with Crippen molar-refractivity contribution in [2.24, 2.45) is 0 Å². The number of nitrogens with two attached hydrogens (primary N) is 1. The number of aryl methyl sites for hydroxylation is 1. The maximum Gasteiger partial charge on any atom is 0.141 e. The molecule has 0 radical (unpaired) electrons. The molecule has 3 nitrogen and oxygen atoms in total. The predicted molar refractivity (Wildman–Crippen MR) is 86.8 cm³/mol. The number of nitrogens with zero attached hydrogens (tertiary/aromatic N) is 2. The van der Waals surface area contributed by atoms with E-state index in [0.29, 0.717) is 5.82 Å². The highest BCUT2D eigenvalue weighted by Crippen LogP contribution is 2.30. The summed E-state index contributed by atoms with van der Waals surface area (Å²) in [5, 5.41) is 0. The highest BCUT2D eigenvalue weighted by molar-refractivity contribution is 9.10. The first kappa shape index (κ1) is 13.9. The average Bonchev–Trinajstić information content (AvgIpc) is 2.46. The van der Waals surface area contributed by atoms with E-state index in [-0.39, 0.29) is 0 Å². The maximum absolute atomic E-state index is 6.07. The van der Waals surface area contributed by atoms with Crippen LogP contribution in [0.3, 0.4) is 0 Å². The van der Waals surface area contributed by atoms with Crippen LogP contribution in [0, 0.1) is 0 Å². The summed E-state index contributed by atoms with van der Waals surface area (Å²) in [6.45, 7) is 0. The van der Waals surface area contributed by atoms with Gasteiger partial charge in [-0.3, -0.25) is 0 Å². The molecule has 0 saturated heterocycles. The molecule has 1 heterocycles. The molecule has 1 aromatic carbocycles.